The van der Waals surface area contributed by atoms with E-state index in [0.29, 0.717) is 11.4 Å². The Morgan fingerprint density at radius 1 is 0.821 bits per heavy atom. The van der Waals surface area contributed by atoms with Gasteiger partial charge in [0.1, 0.15) is 0 Å². The number of fused-ring (bicyclic) bond motifs is 5. The maximum absolute atomic E-state index is 12.9. The van der Waals surface area contributed by atoms with Crippen molar-refractivity contribution >= 4 is 33.2 Å². The number of sulfonamides is 1. The van der Waals surface area contributed by atoms with Crippen LogP contribution in [0.4, 0.5) is 11.4 Å². The number of carbonyl (C=O) groups excluding carboxylic acids is 2. The van der Waals surface area contributed by atoms with Gasteiger partial charge in [0.15, 0.2) is 0 Å². The van der Waals surface area contributed by atoms with Crippen LogP contribution in [-0.4, -0.2) is 20.2 Å². The van der Waals surface area contributed by atoms with E-state index < -0.39 is 10.0 Å². The van der Waals surface area contributed by atoms with Gasteiger partial charge in [-0.1, -0.05) is 30.4 Å². The summed E-state index contributed by atoms with van der Waals surface area (Å²) in [6, 6.07) is 14.5. The lowest BCUT2D eigenvalue weighted by Crippen LogP contribution is -2.32. The Morgan fingerprint density at radius 2 is 1.39 bits per heavy atom. The molecule has 6 nitrogen and oxygen atoms in total. The van der Waals surface area contributed by atoms with Gasteiger partial charge < -0.3 is 0 Å². The summed E-state index contributed by atoms with van der Waals surface area (Å²) in [5.41, 5.74) is 0.884. The summed E-state index contributed by atoms with van der Waals surface area (Å²) < 4.78 is 27.6. The van der Waals surface area contributed by atoms with Gasteiger partial charge in [0, 0.05) is 5.69 Å². The van der Waals surface area contributed by atoms with Crippen LogP contribution in [0.3, 0.4) is 0 Å². The minimum absolute atomic E-state index is 0.0705. The third-order valence-corrected chi connectivity index (χ3v) is 7.30. The molecule has 0 aromatic heterocycles. The van der Waals surface area contributed by atoms with E-state index in [0.717, 1.165) is 6.42 Å². The van der Waals surface area contributed by atoms with Crippen LogP contribution in [0.15, 0.2) is 71.6 Å². The summed E-state index contributed by atoms with van der Waals surface area (Å²) in [5, 5.41) is 0. The second-order valence-electron chi connectivity index (χ2n) is 7.48. The molecule has 0 radical (unpaired) electrons. The van der Waals surface area contributed by atoms with Crippen LogP contribution in [0.2, 0.25) is 0 Å². The van der Waals surface area contributed by atoms with Gasteiger partial charge in [-0.2, -0.15) is 0 Å². The zero-order valence-corrected chi connectivity index (χ0v) is 15.7. The molecule has 4 atom stereocenters. The van der Waals surface area contributed by atoms with Gasteiger partial charge in [-0.05, 0) is 54.7 Å². The number of para-hydroxylation sites is 1. The van der Waals surface area contributed by atoms with Crippen LogP contribution in [-0.2, 0) is 19.6 Å². The number of nitrogens with zero attached hydrogens (tertiary/aromatic N) is 1. The number of nitrogens with one attached hydrogen (secondary N) is 1. The maximum Gasteiger partial charge on any atom is 0.261 e. The Hall–Kier alpha value is -2.93. The fraction of sp³-hybridized carbons (Fsp3) is 0.238. The Labute approximate surface area is 162 Å². The van der Waals surface area contributed by atoms with Crippen LogP contribution in [0, 0.1) is 23.7 Å². The third-order valence-electron chi connectivity index (χ3n) is 5.90. The minimum atomic E-state index is -3.75. The number of amides is 2. The molecular formula is C21H18N2O4S. The van der Waals surface area contributed by atoms with E-state index >= 15 is 0 Å². The number of hydrogen-bond acceptors (Lipinski definition) is 4. The van der Waals surface area contributed by atoms with E-state index in [2.05, 4.69) is 4.72 Å². The summed E-state index contributed by atoms with van der Waals surface area (Å²) in [6.45, 7) is 0. The molecule has 5 rings (SSSR count). The van der Waals surface area contributed by atoms with Crippen molar-refractivity contribution in [3.63, 3.8) is 0 Å². The van der Waals surface area contributed by atoms with E-state index in [1.54, 1.807) is 30.3 Å². The number of carbonyl (C=O) groups is 2. The van der Waals surface area contributed by atoms with E-state index in [4.69, 9.17) is 0 Å². The van der Waals surface area contributed by atoms with Gasteiger partial charge in [-0.25, -0.2) is 8.42 Å². The van der Waals surface area contributed by atoms with Crippen LogP contribution >= 0.6 is 0 Å². The molecule has 2 aromatic carbocycles. The predicted octanol–water partition coefficient (Wildman–Crippen LogP) is 2.80. The Balaban J connectivity index is 1.40. The Kier molecular flexibility index (Phi) is 3.71. The van der Waals surface area contributed by atoms with Crippen LogP contribution in [0.1, 0.15) is 6.42 Å². The lowest BCUT2D eigenvalue weighted by Gasteiger charge is -2.17. The van der Waals surface area contributed by atoms with Gasteiger partial charge in [-0.3, -0.25) is 19.2 Å². The van der Waals surface area contributed by atoms with E-state index in [9.17, 15) is 18.0 Å². The highest BCUT2D eigenvalue weighted by Gasteiger charge is 2.59. The summed E-state index contributed by atoms with van der Waals surface area (Å²) in [5.74, 6) is -0.608. The van der Waals surface area contributed by atoms with E-state index in [-0.39, 0.29) is 40.4 Å². The molecule has 0 spiro atoms. The monoisotopic (exact) mass is 394 g/mol. The minimum Gasteiger partial charge on any atom is -0.280 e. The number of imide groups is 1. The van der Waals surface area contributed by atoms with Crippen molar-refractivity contribution in [3.05, 3.63) is 66.7 Å². The van der Waals surface area contributed by atoms with Crippen molar-refractivity contribution in [3.8, 4) is 0 Å². The molecular weight excluding hydrogens is 376 g/mol. The van der Waals surface area contributed by atoms with Gasteiger partial charge in [-0.15, -0.1) is 0 Å². The highest BCUT2D eigenvalue weighted by Crippen LogP contribution is 2.53. The molecule has 2 aliphatic carbocycles. The number of hydrogen-bond donors (Lipinski definition) is 1. The van der Waals surface area contributed by atoms with Crippen molar-refractivity contribution in [2.45, 2.75) is 11.3 Å². The fourth-order valence-electron chi connectivity index (χ4n) is 4.65. The summed E-state index contributed by atoms with van der Waals surface area (Å²) in [6.07, 6.45) is 4.97. The first-order valence-corrected chi connectivity index (χ1v) is 10.7. The first-order valence-electron chi connectivity index (χ1n) is 9.20. The zero-order chi connectivity index (χ0) is 19.5. The standard InChI is InChI=1S/C21H18N2O4S/c24-20-18-13-6-7-14(12-13)19(18)21(25)23(20)16-8-10-17(11-9-16)28(26,27)22-15-4-2-1-3-5-15/h1-11,13-14,18-19,22H,12H2/t13-,14+,18-,19+. The van der Waals surface area contributed by atoms with Gasteiger partial charge in [0.2, 0.25) is 11.8 Å². The van der Waals surface area contributed by atoms with Crippen molar-refractivity contribution in [2.75, 3.05) is 9.62 Å². The smallest absolute Gasteiger partial charge is 0.261 e. The first kappa shape index (κ1) is 17.2. The molecule has 2 amide bonds. The first-order chi connectivity index (χ1) is 13.5. The Morgan fingerprint density at radius 3 is 1.96 bits per heavy atom. The van der Waals surface area contributed by atoms with Crippen molar-refractivity contribution in [1.82, 2.24) is 0 Å². The summed E-state index contributed by atoms with van der Waals surface area (Å²) >= 11 is 0. The molecule has 2 aromatic rings. The van der Waals surface area contributed by atoms with Gasteiger partial charge in [0.05, 0.1) is 22.4 Å². The zero-order valence-electron chi connectivity index (χ0n) is 14.9. The summed E-state index contributed by atoms with van der Waals surface area (Å²) in [4.78, 5) is 27.0. The molecule has 28 heavy (non-hydrogen) atoms. The lowest BCUT2D eigenvalue weighted by atomic mass is 9.85. The molecule has 1 heterocycles. The molecule has 0 unspecified atom stereocenters. The van der Waals surface area contributed by atoms with Gasteiger partial charge >= 0.3 is 0 Å². The molecule has 1 N–H and O–H groups in total. The maximum atomic E-state index is 12.9. The molecule has 142 valence electrons. The van der Waals surface area contributed by atoms with Crippen LogP contribution < -0.4 is 9.62 Å². The topological polar surface area (TPSA) is 83.6 Å². The number of anilines is 2. The quantitative estimate of drug-likeness (QED) is 0.638. The molecule has 1 aliphatic heterocycles. The number of rotatable bonds is 4. The molecule has 2 bridgehead atoms. The average molecular weight is 394 g/mol. The number of allylic oxidation sites excluding steroid dienone is 2. The van der Waals surface area contributed by atoms with Crippen LogP contribution in [0.25, 0.3) is 0 Å². The molecule has 3 aliphatic rings. The lowest BCUT2D eigenvalue weighted by molar-refractivity contribution is -0.123. The van der Waals surface area contributed by atoms with E-state index in [1.807, 2.05) is 12.2 Å². The normalized spacial score (nSPS) is 28.1. The third kappa shape index (κ3) is 2.50. The SMILES string of the molecule is O=C1[C@@H]2[C@H](C(=O)N1c1ccc(S(=O)(=O)Nc3ccccc3)cc1)[C@@H]1C=C[C@H]2C1. The predicted molar refractivity (Wildman–Crippen MR) is 104 cm³/mol. The fourth-order valence-corrected chi connectivity index (χ4v) is 5.71. The summed E-state index contributed by atoms with van der Waals surface area (Å²) in [7, 11) is -3.75. The second kappa shape index (κ2) is 6.04. The van der Waals surface area contributed by atoms with E-state index in [1.165, 1.54) is 29.2 Å². The second-order valence-corrected chi connectivity index (χ2v) is 9.16. The molecule has 1 saturated heterocycles. The van der Waals surface area contributed by atoms with Crippen molar-refractivity contribution in [1.29, 1.82) is 0 Å². The molecule has 1 saturated carbocycles. The average Bonchev–Trinajstić information content (AvgIpc) is 3.36. The van der Waals surface area contributed by atoms with Crippen molar-refractivity contribution in [2.24, 2.45) is 23.7 Å². The number of benzene rings is 2. The molecule has 2 fully saturated rings. The largest absolute Gasteiger partial charge is 0.280 e. The Bertz CT molecular complexity index is 1060. The molecule has 7 heteroatoms. The van der Waals surface area contributed by atoms with Gasteiger partial charge in [0.25, 0.3) is 10.0 Å². The van der Waals surface area contributed by atoms with Crippen molar-refractivity contribution < 1.29 is 18.0 Å². The highest BCUT2D eigenvalue weighted by atomic mass is 32.2. The highest BCUT2D eigenvalue weighted by molar-refractivity contribution is 7.92. The van der Waals surface area contributed by atoms with Crippen LogP contribution in [0.5, 0.6) is 0 Å².